The maximum atomic E-state index is 12.2. The summed E-state index contributed by atoms with van der Waals surface area (Å²) in [6.45, 7) is 4.10. The lowest BCUT2D eigenvalue weighted by Crippen LogP contribution is -2.12. The Bertz CT molecular complexity index is 632. The number of Topliss-reactive ketones (excluding diaryl/α,β-unsaturated/α-hetero) is 1. The average molecular weight is 238 g/mol. The van der Waals surface area contributed by atoms with Gasteiger partial charge in [0, 0.05) is 11.8 Å². The van der Waals surface area contributed by atoms with Crippen LogP contribution in [0.25, 0.3) is 0 Å². The third-order valence-corrected chi connectivity index (χ3v) is 2.95. The molecule has 0 radical (unpaired) electrons. The summed E-state index contributed by atoms with van der Waals surface area (Å²) >= 11 is 0. The highest BCUT2D eigenvalue weighted by atomic mass is 16.1. The predicted octanol–water partition coefficient (Wildman–Crippen LogP) is 2.86. The summed E-state index contributed by atoms with van der Waals surface area (Å²) in [4.78, 5) is 12.2. The minimum absolute atomic E-state index is 0.0314. The van der Waals surface area contributed by atoms with Gasteiger partial charge in [0.15, 0.2) is 5.78 Å². The number of ketones is 1. The molecule has 1 aromatic carbocycles. The average Bonchev–Trinajstić information content (AvgIpc) is 2.79. The van der Waals surface area contributed by atoms with Gasteiger partial charge < -0.3 is 4.57 Å². The number of nitrogens with zero attached hydrogens (tertiary/aromatic N) is 2. The van der Waals surface area contributed by atoms with Crippen LogP contribution in [0.15, 0.2) is 36.5 Å². The first-order chi connectivity index (χ1) is 8.61. The molecule has 0 saturated heterocycles. The van der Waals surface area contributed by atoms with Crippen molar-refractivity contribution in [2.75, 3.05) is 0 Å². The molecule has 3 nitrogen and oxygen atoms in total. The van der Waals surface area contributed by atoms with Crippen LogP contribution in [0.1, 0.15) is 27.2 Å². The molecule has 0 saturated carbocycles. The molecule has 2 aromatic rings. The minimum atomic E-state index is 0.0314. The van der Waals surface area contributed by atoms with Crippen molar-refractivity contribution in [2.45, 2.75) is 20.4 Å². The molecule has 3 heteroatoms. The van der Waals surface area contributed by atoms with Crippen LogP contribution in [-0.2, 0) is 6.54 Å². The second-order valence-corrected chi connectivity index (χ2v) is 4.37. The quantitative estimate of drug-likeness (QED) is 0.772. The highest BCUT2D eigenvalue weighted by Gasteiger charge is 2.11. The minimum Gasteiger partial charge on any atom is -0.332 e. The topological polar surface area (TPSA) is 45.8 Å². The van der Waals surface area contributed by atoms with Crippen LogP contribution in [0.2, 0.25) is 0 Å². The van der Waals surface area contributed by atoms with Crippen molar-refractivity contribution < 1.29 is 4.79 Å². The van der Waals surface area contributed by atoms with Gasteiger partial charge in [-0.1, -0.05) is 17.7 Å². The van der Waals surface area contributed by atoms with E-state index in [1.165, 1.54) is 0 Å². The lowest BCUT2D eigenvalue weighted by molar-refractivity contribution is 0.0971. The van der Waals surface area contributed by atoms with Gasteiger partial charge in [-0.15, -0.1) is 0 Å². The Balaban J connectivity index is 2.28. The van der Waals surface area contributed by atoms with E-state index < -0.39 is 0 Å². The zero-order valence-corrected chi connectivity index (χ0v) is 10.5. The van der Waals surface area contributed by atoms with Crippen LogP contribution in [0, 0.1) is 25.2 Å². The van der Waals surface area contributed by atoms with Gasteiger partial charge in [-0.3, -0.25) is 4.79 Å². The molecule has 1 aromatic heterocycles. The zero-order chi connectivity index (χ0) is 13.1. The molecule has 0 aliphatic heterocycles. The molecule has 90 valence electrons. The largest absolute Gasteiger partial charge is 0.332 e. The number of aromatic nitrogens is 1. The monoisotopic (exact) mass is 238 g/mol. The van der Waals surface area contributed by atoms with Crippen LogP contribution in [0.3, 0.4) is 0 Å². The van der Waals surface area contributed by atoms with E-state index in [1.54, 1.807) is 22.9 Å². The Kier molecular flexibility index (Phi) is 3.29. The Morgan fingerprint density at radius 3 is 2.83 bits per heavy atom. The molecule has 18 heavy (non-hydrogen) atoms. The predicted molar refractivity (Wildman–Crippen MR) is 69.4 cm³/mol. The van der Waals surface area contributed by atoms with Crippen molar-refractivity contribution in [1.82, 2.24) is 4.57 Å². The first-order valence-corrected chi connectivity index (χ1v) is 5.77. The normalized spacial score (nSPS) is 10.1. The lowest BCUT2D eigenvalue weighted by Gasteiger charge is -2.08. The molecule has 0 spiro atoms. The second kappa shape index (κ2) is 4.89. The maximum Gasteiger partial charge on any atom is 0.182 e. The van der Waals surface area contributed by atoms with Gasteiger partial charge in [-0.25, -0.2) is 0 Å². The van der Waals surface area contributed by atoms with E-state index in [9.17, 15) is 4.79 Å². The Morgan fingerprint density at radius 1 is 1.33 bits per heavy atom. The summed E-state index contributed by atoms with van der Waals surface area (Å²) in [5.74, 6) is 0.0314. The van der Waals surface area contributed by atoms with E-state index in [-0.39, 0.29) is 12.3 Å². The van der Waals surface area contributed by atoms with Gasteiger partial charge in [0.05, 0.1) is 6.54 Å². The summed E-state index contributed by atoms with van der Waals surface area (Å²) in [5, 5.41) is 8.91. The molecule has 0 aliphatic carbocycles. The lowest BCUT2D eigenvalue weighted by atomic mass is 10.0. The molecule has 2 rings (SSSR count). The summed E-state index contributed by atoms with van der Waals surface area (Å²) in [6.07, 6.45) is 1.75. The van der Waals surface area contributed by atoms with Crippen LogP contribution in [0.4, 0.5) is 0 Å². The highest BCUT2D eigenvalue weighted by molar-refractivity contribution is 5.97. The molecule has 0 bridgehead atoms. The third kappa shape index (κ3) is 2.33. The van der Waals surface area contributed by atoms with Crippen molar-refractivity contribution in [3.8, 4) is 6.07 Å². The van der Waals surface area contributed by atoms with Crippen molar-refractivity contribution in [2.24, 2.45) is 0 Å². The summed E-state index contributed by atoms with van der Waals surface area (Å²) in [5.41, 5.74) is 3.27. The fourth-order valence-corrected chi connectivity index (χ4v) is 1.93. The molecule has 0 fully saturated rings. The fourth-order valence-electron chi connectivity index (χ4n) is 1.93. The molecule has 1 heterocycles. The molecular weight excluding hydrogens is 224 g/mol. The van der Waals surface area contributed by atoms with Crippen LogP contribution in [-0.4, -0.2) is 10.4 Å². The summed E-state index contributed by atoms with van der Waals surface area (Å²) in [6, 6.07) is 11.4. The van der Waals surface area contributed by atoms with Gasteiger partial charge in [0.25, 0.3) is 0 Å². The van der Waals surface area contributed by atoms with Crippen LogP contribution >= 0.6 is 0 Å². The molecule has 0 N–H and O–H groups in total. The van der Waals surface area contributed by atoms with Gasteiger partial charge in [-0.05, 0) is 37.6 Å². The van der Waals surface area contributed by atoms with E-state index in [0.717, 1.165) is 16.7 Å². The SMILES string of the molecule is Cc1ccc(C)c(C(=O)Cn2cccc2C#N)c1. The highest BCUT2D eigenvalue weighted by Crippen LogP contribution is 2.13. The van der Waals surface area contributed by atoms with Gasteiger partial charge in [-0.2, -0.15) is 5.26 Å². The molecule has 0 aliphatic rings. The van der Waals surface area contributed by atoms with Crippen molar-refractivity contribution >= 4 is 5.78 Å². The molecule has 0 amide bonds. The number of nitriles is 1. The third-order valence-electron chi connectivity index (χ3n) is 2.95. The zero-order valence-electron chi connectivity index (χ0n) is 10.5. The van der Waals surface area contributed by atoms with E-state index in [4.69, 9.17) is 5.26 Å². The van der Waals surface area contributed by atoms with Crippen LogP contribution in [0.5, 0.6) is 0 Å². The molecule has 0 atom stereocenters. The van der Waals surface area contributed by atoms with Crippen molar-refractivity contribution in [3.63, 3.8) is 0 Å². The van der Waals surface area contributed by atoms with E-state index >= 15 is 0 Å². The standard InChI is InChI=1S/C15H14N2O/c1-11-5-6-12(2)14(8-11)15(18)10-17-7-3-4-13(17)9-16/h3-8H,10H2,1-2H3. The van der Waals surface area contributed by atoms with Crippen molar-refractivity contribution in [3.05, 3.63) is 58.9 Å². The first-order valence-electron chi connectivity index (χ1n) is 5.77. The van der Waals surface area contributed by atoms with E-state index in [0.29, 0.717) is 5.69 Å². The number of rotatable bonds is 3. The Labute approximate surface area is 106 Å². The van der Waals surface area contributed by atoms with E-state index in [1.807, 2.05) is 32.0 Å². The van der Waals surface area contributed by atoms with Gasteiger partial charge in [0.1, 0.15) is 11.8 Å². The van der Waals surface area contributed by atoms with E-state index in [2.05, 4.69) is 6.07 Å². The van der Waals surface area contributed by atoms with Crippen molar-refractivity contribution in [1.29, 1.82) is 5.26 Å². The molecule has 0 unspecified atom stereocenters. The number of hydrogen-bond donors (Lipinski definition) is 0. The van der Waals surface area contributed by atoms with Crippen LogP contribution < -0.4 is 0 Å². The van der Waals surface area contributed by atoms with Gasteiger partial charge >= 0.3 is 0 Å². The maximum absolute atomic E-state index is 12.2. The molecular formula is C15H14N2O. The second-order valence-electron chi connectivity index (χ2n) is 4.37. The Hall–Kier alpha value is -2.34. The summed E-state index contributed by atoms with van der Waals surface area (Å²) < 4.78 is 1.67. The summed E-state index contributed by atoms with van der Waals surface area (Å²) in [7, 11) is 0. The smallest absolute Gasteiger partial charge is 0.182 e. The number of benzene rings is 1. The number of aryl methyl sites for hydroxylation is 2. The first kappa shape index (κ1) is 12.1. The number of carbonyl (C=O) groups excluding carboxylic acids is 1. The fraction of sp³-hybridized carbons (Fsp3) is 0.200. The number of carbonyl (C=O) groups is 1. The van der Waals surface area contributed by atoms with Gasteiger partial charge in [0.2, 0.25) is 0 Å². The number of hydrogen-bond acceptors (Lipinski definition) is 2. The Morgan fingerprint density at radius 2 is 2.11 bits per heavy atom.